The van der Waals surface area contributed by atoms with Crippen molar-refractivity contribution in [3.05, 3.63) is 0 Å². The van der Waals surface area contributed by atoms with Gasteiger partial charge in [0.05, 0.1) is 11.5 Å². The van der Waals surface area contributed by atoms with E-state index in [2.05, 4.69) is 12.2 Å². The van der Waals surface area contributed by atoms with Crippen LogP contribution in [0.5, 0.6) is 0 Å². The molecule has 2 saturated carbocycles. The van der Waals surface area contributed by atoms with Crippen molar-refractivity contribution in [1.82, 2.24) is 5.32 Å². The third-order valence-electron chi connectivity index (χ3n) is 5.32. The van der Waals surface area contributed by atoms with Gasteiger partial charge in [0.2, 0.25) is 0 Å². The minimum absolute atomic E-state index is 0.257. The molecule has 0 bridgehead atoms. The monoisotopic (exact) mass is 283 g/mol. The SMILES string of the molecule is CC1CCCCCC1NCC1(O)CCC(C(=O)O)CC1. The Hall–Kier alpha value is -0.610. The highest BCUT2D eigenvalue weighted by Gasteiger charge is 2.36. The standard InChI is InChI=1S/C16H29NO3/c1-12-5-3-2-4-6-14(12)17-11-16(20)9-7-13(8-10-16)15(18)19/h12-14,17,20H,2-11H2,1H3,(H,18,19). The molecule has 0 heterocycles. The topological polar surface area (TPSA) is 69.6 Å². The van der Waals surface area contributed by atoms with E-state index in [4.69, 9.17) is 5.11 Å². The second-order valence-electron chi connectivity index (χ2n) is 6.94. The molecule has 2 atom stereocenters. The van der Waals surface area contributed by atoms with Crippen molar-refractivity contribution in [2.24, 2.45) is 11.8 Å². The molecular weight excluding hydrogens is 254 g/mol. The summed E-state index contributed by atoms with van der Waals surface area (Å²) in [5, 5.41) is 23.2. The van der Waals surface area contributed by atoms with Crippen molar-refractivity contribution >= 4 is 5.97 Å². The fraction of sp³-hybridized carbons (Fsp3) is 0.938. The molecule has 0 aromatic rings. The van der Waals surface area contributed by atoms with Crippen LogP contribution in [0.25, 0.3) is 0 Å². The molecular formula is C16H29NO3. The second kappa shape index (κ2) is 6.90. The van der Waals surface area contributed by atoms with Crippen LogP contribution >= 0.6 is 0 Å². The molecule has 4 heteroatoms. The summed E-state index contributed by atoms with van der Waals surface area (Å²) in [4.78, 5) is 11.0. The summed E-state index contributed by atoms with van der Waals surface area (Å²) in [6.45, 7) is 2.92. The van der Waals surface area contributed by atoms with Gasteiger partial charge in [-0.05, 0) is 44.4 Å². The van der Waals surface area contributed by atoms with Crippen LogP contribution < -0.4 is 5.32 Å². The lowest BCUT2D eigenvalue weighted by Gasteiger charge is -2.36. The Balaban J connectivity index is 1.79. The van der Waals surface area contributed by atoms with Crippen LogP contribution in [0.1, 0.15) is 64.7 Å². The number of carbonyl (C=O) groups is 1. The van der Waals surface area contributed by atoms with Gasteiger partial charge in [0.15, 0.2) is 0 Å². The smallest absolute Gasteiger partial charge is 0.306 e. The molecule has 4 nitrogen and oxygen atoms in total. The van der Waals surface area contributed by atoms with Crippen molar-refractivity contribution in [3.63, 3.8) is 0 Å². The van der Waals surface area contributed by atoms with E-state index in [1.54, 1.807) is 0 Å². The van der Waals surface area contributed by atoms with Gasteiger partial charge in [-0.2, -0.15) is 0 Å². The Labute approximate surface area is 122 Å². The zero-order valence-electron chi connectivity index (χ0n) is 12.6. The third kappa shape index (κ3) is 4.19. The van der Waals surface area contributed by atoms with Gasteiger partial charge in [0.1, 0.15) is 0 Å². The van der Waals surface area contributed by atoms with E-state index in [0.29, 0.717) is 44.2 Å². The van der Waals surface area contributed by atoms with Gasteiger partial charge >= 0.3 is 5.97 Å². The zero-order valence-corrected chi connectivity index (χ0v) is 12.6. The lowest BCUT2D eigenvalue weighted by atomic mass is 9.78. The lowest BCUT2D eigenvalue weighted by Crippen LogP contribution is -2.48. The van der Waals surface area contributed by atoms with Crippen molar-refractivity contribution in [2.45, 2.75) is 76.4 Å². The molecule has 3 N–H and O–H groups in total. The molecule has 2 unspecified atom stereocenters. The van der Waals surface area contributed by atoms with Crippen LogP contribution in [0.4, 0.5) is 0 Å². The quantitative estimate of drug-likeness (QED) is 0.694. The number of hydrogen-bond acceptors (Lipinski definition) is 3. The van der Waals surface area contributed by atoms with Gasteiger partial charge in [0.25, 0.3) is 0 Å². The zero-order chi connectivity index (χ0) is 14.6. The summed E-state index contributed by atoms with van der Waals surface area (Å²) in [5.74, 6) is -0.291. The third-order valence-corrected chi connectivity index (χ3v) is 5.32. The first-order valence-electron chi connectivity index (χ1n) is 8.19. The number of aliphatic hydroxyl groups is 1. The van der Waals surface area contributed by atoms with Crippen LogP contribution in [0.15, 0.2) is 0 Å². The maximum absolute atomic E-state index is 11.0. The molecule has 0 aromatic heterocycles. The molecule has 2 rings (SSSR count). The van der Waals surface area contributed by atoms with Gasteiger partial charge in [-0.25, -0.2) is 0 Å². The van der Waals surface area contributed by atoms with E-state index in [-0.39, 0.29) is 5.92 Å². The summed E-state index contributed by atoms with van der Waals surface area (Å²) in [6.07, 6.45) is 8.84. The normalized spacial score (nSPS) is 39.2. The molecule has 0 saturated heterocycles. The molecule has 0 amide bonds. The Morgan fingerprint density at radius 3 is 2.45 bits per heavy atom. The van der Waals surface area contributed by atoms with Crippen LogP contribution in [0.2, 0.25) is 0 Å². The number of carboxylic acids is 1. The van der Waals surface area contributed by atoms with Gasteiger partial charge < -0.3 is 15.5 Å². The highest BCUT2D eigenvalue weighted by atomic mass is 16.4. The fourth-order valence-corrected chi connectivity index (χ4v) is 3.70. The lowest BCUT2D eigenvalue weighted by molar-refractivity contribution is -0.144. The number of hydrogen-bond donors (Lipinski definition) is 3. The van der Waals surface area contributed by atoms with E-state index in [1.807, 2.05) is 0 Å². The maximum Gasteiger partial charge on any atom is 0.306 e. The van der Waals surface area contributed by atoms with E-state index in [1.165, 1.54) is 32.1 Å². The average Bonchev–Trinajstić information content (AvgIpc) is 2.62. The predicted octanol–water partition coefficient (Wildman–Crippen LogP) is 2.55. The highest BCUT2D eigenvalue weighted by molar-refractivity contribution is 5.70. The summed E-state index contributed by atoms with van der Waals surface area (Å²) < 4.78 is 0. The van der Waals surface area contributed by atoms with E-state index in [9.17, 15) is 9.90 Å². The molecule has 0 spiro atoms. The molecule has 0 aliphatic heterocycles. The first-order chi connectivity index (χ1) is 9.50. The predicted molar refractivity (Wildman–Crippen MR) is 78.6 cm³/mol. The first kappa shape index (κ1) is 15.8. The van der Waals surface area contributed by atoms with Crippen LogP contribution in [-0.2, 0) is 4.79 Å². The van der Waals surface area contributed by atoms with Gasteiger partial charge in [0, 0.05) is 12.6 Å². The Bertz CT molecular complexity index is 324. The van der Waals surface area contributed by atoms with E-state index in [0.717, 1.165) is 0 Å². The van der Waals surface area contributed by atoms with Crippen LogP contribution in [0.3, 0.4) is 0 Å². The fourth-order valence-electron chi connectivity index (χ4n) is 3.70. The first-order valence-corrected chi connectivity index (χ1v) is 8.19. The summed E-state index contributed by atoms with van der Waals surface area (Å²) >= 11 is 0. The molecule has 0 radical (unpaired) electrons. The van der Waals surface area contributed by atoms with Crippen molar-refractivity contribution < 1.29 is 15.0 Å². The second-order valence-corrected chi connectivity index (χ2v) is 6.94. The summed E-state index contributed by atoms with van der Waals surface area (Å²) in [6, 6.07) is 0.513. The Morgan fingerprint density at radius 2 is 1.80 bits per heavy atom. The summed E-state index contributed by atoms with van der Waals surface area (Å²) in [5.41, 5.74) is -0.696. The average molecular weight is 283 g/mol. The van der Waals surface area contributed by atoms with Gasteiger partial charge in [-0.1, -0.05) is 26.2 Å². The highest BCUT2D eigenvalue weighted by Crippen LogP contribution is 2.32. The number of carboxylic acid groups (broad SMARTS) is 1. The molecule has 2 aliphatic rings. The number of aliphatic carboxylic acids is 1. The van der Waals surface area contributed by atoms with Crippen molar-refractivity contribution in [1.29, 1.82) is 0 Å². The Morgan fingerprint density at radius 1 is 1.15 bits per heavy atom. The molecule has 2 fully saturated rings. The van der Waals surface area contributed by atoms with E-state index < -0.39 is 11.6 Å². The maximum atomic E-state index is 11.0. The minimum atomic E-state index is -0.711. The van der Waals surface area contributed by atoms with Crippen LogP contribution in [0, 0.1) is 11.8 Å². The van der Waals surface area contributed by atoms with Crippen molar-refractivity contribution in [3.8, 4) is 0 Å². The minimum Gasteiger partial charge on any atom is -0.481 e. The van der Waals surface area contributed by atoms with Gasteiger partial charge in [-0.15, -0.1) is 0 Å². The van der Waals surface area contributed by atoms with E-state index >= 15 is 0 Å². The van der Waals surface area contributed by atoms with Crippen molar-refractivity contribution in [2.75, 3.05) is 6.54 Å². The van der Waals surface area contributed by atoms with Crippen LogP contribution in [-0.4, -0.2) is 34.4 Å². The molecule has 2 aliphatic carbocycles. The number of nitrogens with one attached hydrogen (secondary N) is 1. The largest absolute Gasteiger partial charge is 0.481 e. The summed E-state index contributed by atoms with van der Waals surface area (Å²) in [7, 11) is 0. The Kier molecular flexibility index (Phi) is 5.44. The molecule has 0 aromatic carbocycles. The number of rotatable bonds is 4. The van der Waals surface area contributed by atoms with Gasteiger partial charge in [-0.3, -0.25) is 4.79 Å². The molecule has 116 valence electrons. The molecule has 20 heavy (non-hydrogen) atoms.